The van der Waals surface area contributed by atoms with E-state index in [2.05, 4.69) is 4.98 Å². The smallest absolute Gasteiger partial charge is 0.241 e. The molecule has 1 aromatic carbocycles. The molecular formula is C24H24FN3O3. The summed E-state index contributed by atoms with van der Waals surface area (Å²) in [4.78, 5) is 47.0. The molecule has 0 unspecified atom stereocenters. The predicted octanol–water partition coefficient (Wildman–Crippen LogP) is 2.82. The Morgan fingerprint density at radius 2 is 2.06 bits per heavy atom. The van der Waals surface area contributed by atoms with Crippen LogP contribution in [0.5, 0.6) is 0 Å². The monoisotopic (exact) mass is 421 g/mol. The SMILES string of the molecule is O=C1C[C@](CC(=O)N2C[C@H]3CC[C@H]2C3)(c2cccc(F)c2)C(=O)N1Cc1cccnc1. The topological polar surface area (TPSA) is 70.6 Å². The number of fused-ring (bicyclic) bond motifs is 2. The number of rotatable bonds is 5. The molecule has 3 amide bonds. The van der Waals surface area contributed by atoms with Gasteiger partial charge < -0.3 is 4.90 Å². The highest BCUT2D eigenvalue weighted by Gasteiger charge is 2.55. The van der Waals surface area contributed by atoms with Gasteiger partial charge in [0.05, 0.1) is 12.0 Å². The van der Waals surface area contributed by atoms with Gasteiger partial charge >= 0.3 is 0 Å². The summed E-state index contributed by atoms with van der Waals surface area (Å²) in [6.07, 6.45) is 6.12. The average Bonchev–Trinajstić information content (AvgIpc) is 3.46. The summed E-state index contributed by atoms with van der Waals surface area (Å²) < 4.78 is 14.1. The fourth-order valence-electron chi connectivity index (χ4n) is 5.48. The third-order valence-electron chi connectivity index (χ3n) is 7.03. The molecule has 0 N–H and O–H groups in total. The van der Waals surface area contributed by atoms with Gasteiger partial charge in [0.1, 0.15) is 5.82 Å². The first-order valence-electron chi connectivity index (χ1n) is 10.8. The fraction of sp³-hybridized carbons (Fsp3) is 0.417. The largest absolute Gasteiger partial charge is 0.339 e. The Hall–Kier alpha value is -3.09. The van der Waals surface area contributed by atoms with Crippen LogP contribution in [-0.2, 0) is 26.3 Å². The van der Waals surface area contributed by atoms with E-state index in [1.807, 2.05) is 4.90 Å². The maximum atomic E-state index is 14.1. The second-order valence-electron chi connectivity index (χ2n) is 8.97. The van der Waals surface area contributed by atoms with E-state index in [0.29, 0.717) is 18.0 Å². The van der Waals surface area contributed by atoms with Crippen molar-refractivity contribution in [3.8, 4) is 0 Å². The molecule has 0 spiro atoms. The van der Waals surface area contributed by atoms with Gasteiger partial charge in [0.25, 0.3) is 0 Å². The zero-order valence-corrected chi connectivity index (χ0v) is 17.2. The molecule has 31 heavy (non-hydrogen) atoms. The van der Waals surface area contributed by atoms with E-state index in [1.165, 1.54) is 23.1 Å². The van der Waals surface area contributed by atoms with Crippen LogP contribution in [0, 0.1) is 11.7 Å². The number of carbonyl (C=O) groups is 3. The van der Waals surface area contributed by atoms with Crippen LogP contribution in [0.15, 0.2) is 48.8 Å². The second-order valence-corrected chi connectivity index (χ2v) is 8.97. The van der Waals surface area contributed by atoms with Crippen molar-refractivity contribution < 1.29 is 18.8 Å². The second kappa shape index (κ2) is 7.55. The lowest BCUT2D eigenvalue weighted by Crippen LogP contribution is -2.45. The number of hydrogen-bond acceptors (Lipinski definition) is 4. The van der Waals surface area contributed by atoms with Gasteiger partial charge in [0, 0.05) is 37.8 Å². The van der Waals surface area contributed by atoms with Crippen LogP contribution in [0.1, 0.15) is 43.2 Å². The van der Waals surface area contributed by atoms with Crippen molar-refractivity contribution in [1.82, 2.24) is 14.8 Å². The number of imide groups is 1. The van der Waals surface area contributed by atoms with Crippen molar-refractivity contribution in [3.63, 3.8) is 0 Å². The van der Waals surface area contributed by atoms with Crippen molar-refractivity contribution >= 4 is 17.7 Å². The van der Waals surface area contributed by atoms with E-state index in [-0.39, 0.29) is 37.2 Å². The molecule has 160 valence electrons. The molecule has 3 fully saturated rings. The van der Waals surface area contributed by atoms with Crippen LogP contribution in [0.25, 0.3) is 0 Å². The molecule has 2 aromatic rings. The summed E-state index contributed by atoms with van der Waals surface area (Å²) >= 11 is 0. The Labute approximate surface area is 180 Å². The minimum Gasteiger partial charge on any atom is -0.339 e. The highest BCUT2D eigenvalue weighted by molar-refractivity contribution is 6.10. The van der Waals surface area contributed by atoms with Crippen molar-refractivity contribution in [1.29, 1.82) is 0 Å². The molecule has 3 heterocycles. The molecule has 2 aliphatic heterocycles. The first kappa shape index (κ1) is 19.8. The summed E-state index contributed by atoms with van der Waals surface area (Å²) in [6.45, 7) is 0.801. The molecule has 1 aromatic heterocycles. The van der Waals surface area contributed by atoms with Crippen LogP contribution in [0.3, 0.4) is 0 Å². The van der Waals surface area contributed by atoms with Crippen molar-refractivity contribution in [2.45, 2.75) is 50.1 Å². The summed E-state index contributed by atoms with van der Waals surface area (Å²) in [6, 6.07) is 9.51. The van der Waals surface area contributed by atoms with Crippen LogP contribution >= 0.6 is 0 Å². The number of piperidine rings is 1. The molecule has 1 saturated carbocycles. The summed E-state index contributed by atoms with van der Waals surface area (Å²) in [7, 11) is 0. The average molecular weight is 421 g/mol. The van der Waals surface area contributed by atoms with Gasteiger partial charge in [-0.2, -0.15) is 0 Å². The normalized spacial score (nSPS) is 27.4. The number of amides is 3. The van der Waals surface area contributed by atoms with Gasteiger partial charge in [-0.3, -0.25) is 24.3 Å². The van der Waals surface area contributed by atoms with E-state index in [1.54, 1.807) is 30.6 Å². The van der Waals surface area contributed by atoms with E-state index >= 15 is 0 Å². The van der Waals surface area contributed by atoms with Gasteiger partial charge in [-0.1, -0.05) is 18.2 Å². The Bertz CT molecular complexity index is 1040. The standard InChI is InChI=1S/C24H24FN3O3/c25-19-5-1-4-18(10-19)24(11-21(29)27-14-16-6-7-20(27)9-16)12-22(30)28(23(24)31)15-17-3-2-8-26-13-17/h1-5,8,10,13,16,20H,6-7,9,11-12,14-15H2/t16-,20-,24+/m0/s1. The van der Waals surface area contributed by atoms with Crippen molar-refractivity contribution in [2.75, 3.05) is 6.54 Å². The Kier molecular flexibility index (Phi) is 4.84. The van der Waals surface area contributed by atoms with Crippen LogP contribution < -0.4 is 0 Å². The van der Waals surface area contributed by atoms with Gasteiger partial charge in [0.2, 0.25) is 17.7 Å². The molecule has 0 radical (unpaired) electrons. The zero-order valence-electron chi connectivity index (χ0n) is 17.2. The minimum atomic E-state index is -1.37. The summed E-state index contributed by atoms with van der Waals surface area (Å²) in [5.74, 6) is -0.878. The maximum Gasteiger partial charge on any atom is 0.241 e. The first-order chi connectivity index (χ1) is 15.0. The molecule has 2 saturated heterocycles. The van der Waals surface area contributed by atoms with Crippen molar-refractivity contribution in [2.24, 2.45) is 5.92 Å². The minimum absolute atomic E-state index is 0.0885. The van der Waals surface area contributed by atoms with E-state index in [9.17, 15) is 18.8 Å². The van der Waals surface area contributed by atoms with Gasteiger partial charge in [-0.15, -0.1) is 0 Å². The van der Waals surface area contributed by atoms with E-state index in [0.717, 1.165) is 24.8 Å². The van der Waals surface area contributed by atoms with E-state index in [4.69, 9.17) is 0 Å². The number of hydrogen-bond donors (Lipinski definition) is 0. The highest BCUT2D eigenvalue weighted by atomic mass is 19.1. The number of nitrogens with zero attached hydrogens (tertiary/aromatic N) is 3. The van der Waals surface area contributed by atoms with Gasteiger partial charge in [-0.05, 0) is 54.5 Å². The molecule has 3 atom stereocenters. The molecule has 5 rings (SSSR count). The number of aromatic nitrogens is 1. The number of pyridine rings is 1. The lowest BCUT2D eigenvalue weighted by molar-refractivity contribution is -0.143. The maximum absolute atomic E-state index is 14.1. The number of likely N-dealkylation sites (tertiary alicyclic amines) is 2. The first-order valence-corrected chi connectivity index (χ1v) is 10.8. The summed E-state index contributed by atoms with van der Waals surface area (Å²) in [5, 5.41) is 0. The number of carbonyl (C=O) groups excluding carboxylic acids is 3. The number of benzene rings is 1. The fourth-order valence-corrected chi connectivity index (χ4v) is 5.48. The molecule has 6 nitrogen and oxygen atoms in total. The predicted molar refractivity (Wildman–Crippen MR) is 110 cm³/mol. The van der Waals surface area contributed by atoms with Gasteiger partial charge in [0.15, 0.2) is 0 Å². The zero-order chi connectivity index (χ0) is 21.6. The lowest BCUT2D eigenvalue weighted by atomic mass is 9.75. The third kappa shape index (κ3) is 3.42. The highest BCUT2D eigenvalue weighted by Crippen LogP contribution is 2.43. The van der Waals surface area contributed by atoms with Crippen LogP contribution in [-0.4, -0.2) is 45.1 Å². The molecule has 1 aliphatic carbocycles. The lowest BCUT2D eigenvalue weighted by Gasteiger charge is -2.32. The quantitative estimate of drug-likeness (QED) is 0.696. The van der Waals surface area contributed by atoms with E-state index < -0.39 is 17.1 Å². The van der Waals surface area contributed by atoms with Crippen molar-refractivity contribution in [3.05, 3.63) is 65.7 Å². The Morgan fingerprint density at radius 3 is 2.74 bits per heavy atom. The third-order valence-corrected chi connectivity index (χ3v) is 7.03. The Balaban J connectivity index is 1.48. The molecule has 7 heteroatoms. The number of halogens is 1. The van der Waals surface area contributed by atoms with Gasteiger partial charge in [-0.25, -0.2) is 4.39 Å². The molecule has 3 aliphatic rings. The van der Waals surface area contributed by atoms with Crippen LogP contribution in [0.2, 0.25) is 0 Å². The Morgan fingerprint density at radius 1 is 1.19 bits per heavy atom. The van der Waals surface area contributed by atoms with Crippen LogP contribution in [0.4, 0.5) is 4.39 Å². The molecule has 2 bridgehead atoms. The summed E-state index contributed by atoms with van der Waals surface area (Å²) in [5.41, 5.74) is -0.264. The molecular weight excluding hydrogens is 397 g/mol.